The van der Waals surface area contributed by atoms with Crippen LogP contribution in [0.25, 0.3) is 0 Å². The van der Waals surface area contributed by atoms with E-state index in [0.29, 0.717) is 32.0 Å². The number of carbonyl (C=O) groups excluding carboxylic acids is 1. The lowest BCUT2D eigenvalue weighted by Crippen LogP contribution is -2.41. The first-order chi connectivity index (χ1) is 12.1. The first kappa shape index (κ1) is 20.1. The van der Waals surface area contributed by atoms with Crippen LogP contribution in [0.2, 0.25) is 0 Å². The first-order valence-electron chi connectivity index (χ1n) is 8.07. The maximum Gasteiger partial charge on any atom is 0.325 e. The summed E-state index contributed by atoms with van der Waals surface area (Å²) in [6.07, 6.45) is 0. The lowest BCUT2D eigenvalue weighted by Gasteiger charge is -2.30. The van der Waals surface area contributed by atoms with Gasteiger partial charge in [-0.15, -0.1) is 0 Å². The third-order valence-corrected chi connectivity index (χ3v) is 5.87. The highest BCUT2D eigenvalue weighted by Crippen LogP contribution is 2.26. The molecule has 0 radical (unpaired) electrons. The van der Waals surface area contributed by atoms with Crippen molar-refractivity contribution < 1.29 is 27.9 Å². The molecule has 0 unspecified atom stereocenters. The molecule has 1 aromatic carbocycles. The molecule has 1 aliphatic rings. The predicted molar refractivity (Wildman–Crippen MR) is 94.9 cm³/mol. The van der Waals surface area contributed by atoms with Crippen LogP contribution in [-0.4, -0.2) is 76.1 Å². The average Bonchev–Trinajstić information content (AvgIpc) is 2.61. The Labute approximate surface area is 152 Å². The standard InChI is InChI=1S/C16H23N3O6S/c1-11(16(21)22)17-15(20)13-10-12(26(23,24)18(2)3)4-5-14(13)19-6-8-25-9-7-19/h4-5,10-11H,6-9H2,1-3H3,(H,17,20)(H,21,22)/t11-/m0/s1. The largest absolute Gasteiger partial charge is 0.480 e. The van der Waals surface area contributed by atoms with E-state index in [2.05, 4.69) is 5.32 Å². The zero-order valence-electron chi connectivity index (χ0n) is 14.9. The van der Waals surface area contributed by atoms with E-state index in [-0.39, 0.29) is 10.5 Å². The van der Waals surface area contributed by atoms with E-state index in [1.807, 2.05) is 4.90 Å². The highest BCUT2D eigenvalue weighted by molar-refractivity contribution is 7.89. The lowest BCUT2D eigenvalue weighted by atomic mass is 10.1. The molecule has 0 bridgehead atoms. The maximum absolute atomic E-state index is 12.6. The lowest BCUT2D eigenvalue weighted by molar-refractivity contribution is -0.138. The van der Waals surface area contributed by atoms with Gasteiger partial charge in [-0.1, -0.05) is 0 Å². The second-order valence-electron chi connectivity index (χ2n) is 6.10. The molecule has 1 heterocycles. The molecule has 26 heavy (non-hydrogen) atoms. The minimum absolute atomic E-state index is 0.0346. The van der Waals surface area contributed by atoms with Gasteiger partial charge in [0, 0.05) is 32.9 Å². The van der Waals surface area contributed by atoms with E-state index in [0.717, 1.165) is 4.31 Å². The van der Waals surface area contributed by atoms with Gasteiger partial charge in [0.1, 0.15) is 6.04 Å². The number of hydrogen-bond acceptors (Lipinski definition) is 6. The molecule has 2 N–H and O–H groups in total. The van der Waals surface area contributed by atoms with Gasteiger partial charge in [0.25, 0.3) is 5.91 Å². The second-order valence-corrected chi connectivity index (χ2v) is 8.25. The molecule has 0 saturated carbocycles. The molecular weight excluding hydrogens is 362 g/mol. The number of amides is 1. The van der Waals surface area contributed by atoms with Crippen LogP contribution in [0.5, 0.6) is 0 Å². The average molecular weight is 385 g/mol. The summed E-state index contributed by atoms with van der Waals surface area (Å²) in [6.45, 7) is 3.42. The van der Waals surface area contributed by atoms with Gasteiger partial charge in [-0.2, -0.15) is 0 Å². The van der Waals surface area contributed by atoms with Gasteiger partial charge in [-0.05, 0) is 25.1 Å². The molecule has 9 nitrogen and oxygen atoms in total. The van der Waals surface area contributed by atoms with E-state index in [4.69, 9.17) is 9.84 Å². The van der Waals surface area contributed by atoms with Crippen molar-refractivity contribution in [3.05, 3.63) is 23.8 Å². The van der Waals surface area contributed by atoms with Gasteiger partial charge in [-0.3, -0.25) is 9.59 Å². The molecular formula is C16H23N3O6S. The summed E-state index contributed by atoms with van der Waals surface area (Å²) in [4.78, 5) is 25.5. The van der Waals surface area contributed by atoms with Gasteiger partial charge in [-0.25, -0.2) is 12.7 Å². The van der Waals surface area contributed by atoms with Crippen molar-refractivity contribution >= 4 is 27.6 Å². The summed E-state index contributed by atoms with van der Waals surface area (Å²) in [5, 5.41) is 11.4. The highest BCUT2D eigenvalue weighted by Gasteiger charge is 2.25. The SMILES string of the molecule is C[C@H](NC(=O)c1cc(S(=O)(=O)N(C)C)ccc1N1CCOCC1)C(=O)O. The number of aliphatic carboxylic acids is 1. The molecule has 2 rings (SSSR count). The molecule has 0 spiro atoms. The number of nitrogens with zero attached hydrogens (tertiary/aromatic N) is 2. The van der Waals surface area contributed by atoms with Crippen molar-refractivity contribution in [1.29, 1.82) is 0 Å². The summed E-state index contributed by atoms with van der Waals surface area (Å²) in [6, 6.07) is 3.19. The van der Waals surface area contributed by atoms with E-state index in [1.165, 1.54) is 33.2 Å². The monoisotopic (exact) mass is 385 g/mol. The Balaban J connectivity index is 2.48. The van der Waals surface area contributed by atoms with Gasteiger partial charge >= 0.3 is 5.97 Å². The van der Waals surface area contributed by atoms with Gasteiger partial charge in [0.2, 0.25) is 10.0 Å². The van der Waals surface area contributed by atoms with Crippen LogP contribution >= 0.6 is 0 Å². The Morgan fingerprint density at radius 2 is 1.88 bits per heavy atom. The van der Waals surface area contributed by atoms with Crippen molar-refractivity contribution in [3.63, 3.8) is 0 Å². The zero-order chi connectivity index (χ0) is 19.5. The number of morpholine rings is 1. The van der Waals surface area contributed by atoms with Crippen molar-refractivity contribution in [2.24, 2.45) is 0 Å². The van der Waals surface area contributed by atoms with Gasteiger partial charge in [0.05, 0.1) is 23.7 Å². The number of rotatable bonds is 6. The Bertz CT molecular complexity index is 787. The summed E-state index contributed by atoms with van der Waals surface area (Å²) < 4.78 is 31.1. The second kappa shape index (κ2) is 8.02. The third-order valence-electron chi connectivity index (χ3n) is 4.06. The molecule has 1 aromatic rings. The van der Waals surface area contributed by atoms with Crippen LogP contribution < -0.4 is 10.2 Å². The maximum atomic E-state index is 12.6. The molecule has 1 saturated heterocycles. The number of hydrogen-bond donors (Lipinski definition) is 2. The fourth-order valence-corrected chi connectivity index (χ4v) is 3.41. The molecule has 144 valence electrons. The fourth-order valence-electron chi connectivity index (χ4n) is 2.48. The predicted octanol–water partition coefficient (Wildman–Crippen LogP) is -0.0236. The number of nitrogens with one attached hydrogen (secondary N) is 1. The Hall–Kier alpha value is -2.17. The Kier molecular flexibility index (Phi) is 6.21. The van der Waals surface area contributed by atoms with Crippen LogP contribution in [0.4, 0.5) is 5.69 Å². The smallest absolute Gasteiger partial charge is 0.325 e. The molecule has 1 aliphatic heterocycles. The molecule has 0 aromatic heterocycles. The third kappa shape index (κ3) is 4.32. The van der Waals surface area contributed by atoms with Crippen LogP contribution in [0, 0.1) is 0 Å². The summed E-state index contributed by atoms with van der Waals surface area (Å²) in [5.74, 6) is -1.82. The topological polar surface area (TPSA) is 116 Å². The van der Waals surface area contributed by atoms with E-state index >= 15 is 0 Å². The van der Waals surface area contributed by atoms with E-state index in [1.54, 1.807) is 6.07 Å². The minimum atomic E-state index is -3.73. The van der Waals surface area contributed by atoms with Crippen LogP contribution in [0.15, 0.2) is 23.1 Å². The quantitative estimate of drug-likeness (QED) is 0.707. The number of carbonyl (C=O) groups is 2. The van der Waals surface area contributed by atoms with Crippen LogP contribution in [0.1, 0.15) is 17.3 Å². The van der Waals surface area contributed by atoms with E-state index < -0.39 is 27.9 Å². The number of carboxylic acids is 1. The van der Waals surface area contributed by atoms with Gasteiger partial charge in [0.15, 0.2) is 0 Å². The van der Waals surface area contributed by atoms with Crippen molar-refractivity contribution in [2.45, 2.75) is 17.9 Å². The number of carboxylic acid groups (broad SMARTS) is 1. The summed E-state index contributed by atoms with van der Waals surface area (Å²) >= 11 is 0. The zero-order valence-corrected chi connectivity index (χ0v) is 15.7. The number of benzene rings is 1. The molecule has 0 aliphatic carbocycles. The Morgan fingerprint density at radius 1 is 1.27 bits per heavy atom. The number of ether oxygens (including phenoxy) is 1. The highest BCUT2D eigenvalue weighted by atomic mass is 32.2. The molecule has 1 fully saturated rings. The normalized spacial score (nSPS) is 16.4. The van der Waals surface area contributed by atoms with E-state index in [9.17, 15) is 18.0 Å². The van der Waals surface area contributed by atoms with Crippen molar-refractivity contribution in [3.8, 4) is 0 Å². The summed E-state index contributed by atoms with van der Waals surface area (Å²) in [5.41, 5.74) is 0.656. The van der Waals surface area contributed by atoms with Crippen molar-refractivity contribution in [2.75, 3.05) is 45.3 Å². The number of anilines is 1. The summed E-state index contributed by atoms with van der Waals surface area (Å²) in [7, 11) is -0.931. The first-order valence-corrected chi connectivity index (χ1v) is 9.51. The Morgan fingerprint density at radius 3 is 2.42 bits per heavy atom. The number of sulfonamides is 1. The van der Waals surface area contributed by atoms with Gasteiger partial charge < -0.3 is 20.1 Å². The molecule has 10 heteroatoms. The molecule has 1 amide bonds. The van der Waals surface area contributed by atoms with Crippen LogP contribution in [0.3, 0.4) is 0 Å². The fraction of sp³-hybridized carbons (Fsp3) is 0.500. The van der Waals surface area contributed by atoms with Crippen LogP contribution in [-0.2, 0) is 19.6 Å². The molecule has 1 atom stereocenters. The van der Waals surface area contributed by atoms with Crippen molar-refractivity contribution in [1.82, 2.24) is 9.62 Å². The minimum Gasteiger partial charge on any atom is -0.480 e.